The maximum Gasteiger partial charge on any atom is 0.186 e. The van der Waals surface area contributed by atoms with Crippen molar-refractivity contribution in [3.63, 3.8) is 0 Å². The van der Waals surface area contributed by atoms with Crippen LogP contribution >= 0.6 is 23.4 Å². The molecule has 4 nitrogen and oxygen atoms in total. The number of aromatic nitrogens is 3. The minimum atomic E-state index is -1.03. The smallest absolute Gasteiger partial charge is 0.186 e. The number of hydrogen-bond donors (Lipinski definition) is 0. The van der Waals surface area contributed by atoms with Crippen molar-refractivity contribution >= 4 is 23.4 Å². The third-order valence-electron chi connectivity index (χ3n) is 4.51. The van der Waals surface area contributed by atoms with Gasteiger partial charge in [-0.15, -0.1) is 0 Å². The van der Waals surface area contributed by atoms with Gasteiger partial charge in [0.15, 0.2) is 5.16 Å². The minimum absolute atomic E-state index is 0.244. The molecule has 0 bridgehead atoms. The Balaban J connectivity index is 1.77. The van der Waals surface area contributed by atoms with Crippen LogP contribution in [0, 0.1) is 11.6 Å². The zero-order valence-corrected chi connectivity index (χ0v) is 16.0. The summed E-state index contributed by atoms with van der Waals surface area (Å²) in [5, 5.41) is 5.51. The van der Waals surface area contributed by atoms with Crippen molar-refractivity contribution in [1.82, 2.24) is 14.8 Å². The number of nitrogens with zero attached hydrogens (tertiary/aromatic N) is 3. The molecule has 4 rings (SSSR count). The Bertz CT molecular complexity index is 983. The lowest BCUT2D eigenvalue weighted by Crippen LogP contribution is -2.22. The van der Waals surface area contributed by atoms with Crippen molar-refractivity contribution in [3.8, 4) is 0 Å². The van der Waals surface area contributed by atoms with Crippen molar-refractivity contribution in [2.75, 3.05) is 5.75 Å². The molecule has 1 saturated heterocycles. The molecular weight excluding hydrogens is 392 g/mol. The molecule has 1 aliphatic rings. The van der Waals surface area contributed by atoms with Gasteiger partial charge >= 0.3 is 0 Å². The van der Waals surface area contributed by atoms with Gasteiger partial charge in [-0.05, 0) is 17.9 Å². The molecule has 140 valence electrons. The van der Waals surface area contributed by atoms with E-state index in [0.29, 0.717) is 10.2 Å². The normalized spacial score (nSPS) is 21.4. The van der Waals surface area contributed by atoms with Gasteiger partial charge in [-0.25, -0.2) is 18.4 Å². The predicted molar refractivity (Wildman–Crippen MR) is 99.7 cm³/mol. The molecule has 1 fully saturated rings. The van der Waals surface area contributed by atoms with Gasteiger partial charge in [-0.1, -0.05) is 54.6 Å². The Morgan fingerprint density at radius 2 is 2.07 bits per heavy atom. The first-order chi connectivity index (χ1) is 13.0. The topological polar surface area (TPSA) is 43.2 Å². The quantitative estimate of drug-likeness (QED) is 0.426. The van der Waals surface area contributed by atoms with Gasteiger partial charge < -0.3 is 4.74 Å². The van der Waals surface area contributed by atoms with E-state index in [9.17, 15) is 8.78 Å². The molecule has 8 heteroatoms. The molecule has 0 aliphatic carbocycles. The van der Waals surface area contributed by atoms with Crippen LogP contribution in [0.3, 0.4) is 0 Å². The first kappa shape index (κ1) is 18.4. The lowest BCUT2D eigenvalue weighted by Gasteiger charge is -2.16. The van der Waals surface area contributed by atoms with E-state index in [2.05, 4.69) is 10.1 Å². The van der Waals surface area contributed by atoms with Crippen molar-refractivity contribution < 1.29 is 13.5 Å². The molecule has 0 radical (unpaired) electrons. The monoisotopic (exact) mass is 407 g/mol. The standard InChI is InChI=1S/C19H16ClF2N3OS/c1-2-27-18-23-11-24-25(18)10-19(14-8-7-12(21)9-16(14)22)17(26-19)13-5-3-4-6-15(13)20/h3-9,11,17H,2,10H2,1H3. The van der Waals surface area contributed by atoms with E-state index in [4.69, 9.17) is 16.3 Å². The summed E-state index contributed by atoms with van der Waals surface area (Å²) < 4.78 is 35.8. The molecule has 0 N–H and O–H groups in total. The molecule has 3 aromatic rings. The highest BCUT2D eigenvalue weighted by Crippen LogP contribution is 2.59. The maximum absolute atomic E-state index is 14.6. The van der Waals surface area contributed by atoms with E-state index in [1.807, 2.05) is 25.1 Å². The summed E-state index contributed by atoms with van der Waals surface area (Å²) in [6.45, 7) is 2.26. The largest absolute Gasteiger partial charge is 0.354 e. The second kappa shape index (κ2) is 7.22. The Morgan fingerprint density at radius 3 is 2.81 bits per heavy atom. The fourth-order valence-corrected chi connectivity index (χ4v) is 4.12. The van der Waals surface area contributed by atoms with Crippen LogP contribution in [0.25, 0.3) is 0 Å². The van der Waals surface area contributed by atoms with Gasteiger partial charge in [-0.3, -0.25) is 0 Å². The number of rotatable bonds is 6. The van der Waals surface area contributed by atoms with E-state index in [-0.39, 0.29) is 12.1 Å². The third-order valence-corrected chi connectivity index (χ3v) is 5.71. The van der Waals surface area contributed by atoms with Gasteiger partial charge in [0.05, 0.1) is 6.54 Å². The number of epoxide rings is 1. The molecule has 2 atom stereocenters. The summed E-state index contributed by atoms with van der Waals surface area (Å²) in [5.74, 6) is -0.468. The summed E-state index contributed by atoms with van der Waals surface area (Å²) in [4.78, 5) is 4.24. The zero-order valence-electron chi connectivity index (χ0n) is 14.4. The van der Waals surface area contributed by atoms with Crippen molar-refractivity contribution in [2.24, 2.45) is 0 Å². The highest BCUT2D eigenvalue weighted by Gasteiger charge is 2.61. The van der Waals surface area contributed by atoms with E-state index in [1.54, 1.807) is 10.7 Å². The van der Waals surface area contributed by atoms with Crippen LogP contribution < -0.4 is 0 Å². The van der Waals surface area contributed by atoms with Gasteiger partial charge in [0.25, 0.3) is 0 Å². The average molecular weight is 408 g/mol. The molecule has 2 aromatic carbocycles. The van der Waals surface area contributed by atoms with Crippen LogP contribution in [0.1, 0.15) is 24.2 Å². The summed E-state index contributed by atoms with van der Waals surface area (Å²) in [6.07, 6.45) is 0.995. The van der Waals surface area contributed by atoms with Crippen LogP contribution in [0.5, 0.6) is 0 Å². The fraction of sp³-hybridized carbons (Fsp3) is 0.263. The van der Waals surface area contributed by atoms with Crippen LogP contribution in [0.2, 0.25) is 5.02 Å². The van der Waals surface area contributed by atoms with Crippen LogP contribution in [-0.2, 0) is 16.9 Å². The first-order valence-electron chi connectivity index (χ1n) is 8.43. The highest BCUT2D eigenvalue weighted by molar-refractivity contribution is 7.99. The lowest BCUT2D eigenvalue weighted by atomic mass is 9.91. The summed E-state index contributed by atoms with van der Waals surface area (Å²) >= 11 is 7.86. The predicted octanol–water partition coefficient (Wildman–Crippen LogP) is 4.99. The molecule has 0 amide bonds. The Hall–Kier alpha value is -1.96. The fourth-order valence-electron chi connectivity index (χ4n) is 3.25. The second-order valence-electron chi connectivity index (χ2n) is 6.17. The summed E-state index contributed by atoms with van der Waals surface area (Å²) in [6, 6.07) is 10.8. The van der Waals surface area contributed by atoms with E-state index >= 15 is 0 Å². The first-order valence-corrected chi connectivity index (χ1v) is 9.80. The van der Waals surface area contributed by atoms with Crippen LogP contribution in [0.4, 0.5) is 8.78 Å². The van der Waals surface area contributed by atoms with Gasteiger partial charge in [0.2, 0.25) is 0 Å². The molecule has 1 aromatic heterocycles. The van der Waals surface area contributed by atoms with Crippen molar-refractivity contribution in [1.29, 1.82) is 0 Å². The number of halogens is 3. The number of hydrogen-bond acceptors (Lipinski definition) is 4. The molecule has 1 aliphatic heterocycles. The second-order valence-corrected chi connectivity index (χ2v) is 7.80. The molecule has 2 heterocycles. The Labute approximate surface area is 164 Å². The SMILES string of the molecule is CCSc1ncnn1CC1(c2ccc(F)cc2F)OC1c1ccccc1Cl. The third kappa shape index (κ3) is 3.35. The lowest BCUT2D eigenvalue weighted by molar-refractivity contribution is 0.250. The molecule has 2 unspecified atom stereocenters. The Kier molecular flexibility index (Phi) is 4.92. The van der Waals surface area contributed by atoms with Gasteiger partial charge in [0.1, 0.15) is 29.7 Å². The molecule has 0 saturated carbocycles. The van der Waals surface area contributed by atoms with E-state index in [0.717, 1.165) is 17.4 Å². The van der Waals surface area contributed by atoms with Crippen LogP contribution in [-0.4, -0.2) is 20.5 Å². The summed E-state index contributed by atoms with van der Waals surface area (Å²) in [7, 11) is 0. The van der Waals surface area contributed by atoms with Crippen LogP contribution in [0.15, 0.2) is 53.9 Å². The van der Waals surface area contributed by atoms with Crippen molar-refractivity contribution in [3.05, 3.63) is 76.6 Å². The Morgan fingerprint density at radius 1 is 1.26 bits per heavy atom. The van der Waals surface area contributed by atoms with Gasteiger partial charge in [-0.2, -0.15) is 5.10 Å². The number of benzene rings is 2. The number of ether oxygens (including phenoxy) is 1. The van der Waals surface area contributed by atoms with Gasteiger partial charge in [0, 0.05) is 22.2 Å². The average Bonchev–Trinajstić information content (AvgIpc) is 3.18. The minimum Gasteiger partial charge on any atom is -0.354 e. The van der Waals surface area contributed by atoms with E-state index < -0.39 is 23.3 Å². The molecule has 0 spiro atoms. The van der Waals surface area contributed by atoms with Crippen molar-refractivity contribution in [2.45, 2.75) is 30.3 Å². The maximum atomic E-state index is 14.6. The molecular formula is C19H16ClF2N3OS. The molecule has 27 heavy (non-hydrogen) atoms. The van der Waals surface area contributed by atoms with E-state index in [1.165, 1.54) is 30.2 Å². The summed E-state index contributed by atoms with van der Waals surface area (Å²) in [5.41, 5.74) is 0.00367. The number of thioether (sulfide) groups is 1. The zero-order chi connectivity index (χ0) is 19.0. The highest BCUT2D eigenvalue weighted by atomic mass is 35.5.